The van der Waals surface area contributed by atoms with Gasteiger partial charge in [0.2, 0.25) is 0 Å². The normalized spacial score (nSPS) is 20.3. The van der Waals surface area contributed by atoms with Crippen molar-refractivity contribution in [1.29, 1.82) is 0 Å². The van der Waals surface area contributed by atoms with Crippen LogP contribution in [0.5, 0.6) is 0 Å². The first kappa shape index (κ1) is 11.2. The topological polar surface area (TPSA) is 0 Å². The number of hydrogen-bond donors (Lipinski definition) is 0. The number of hydrogen-bond acceptors (Lipinski definition) is 0. The third kappa shape index (κ3) is 2.63. The van der Waals surface area contributed by atoms with Gasteiger partial charge < -0.3 is 0 Å². The van der Waals surface area contributed by atoms with E-state index in [1.54, 1.807) is 5.57 Å². The average Bonchev–Trinajstić information content (AvgIpc) is 2.25. The van der Waals surface area contributed by atoms with E-state index >= 15 is 0 Å². The van der Waals surface area contributed by atoms with Gasteiger partial charge in [-0.3, -0.25) is 0 Å². The van der Waals surface area contributed by atoms with E-state index in [0.29, 0.717) is 5.92 Å². The van der Waals surface area contributed by atoms with Gasteiger partial charge in [-0.1, -0.05) is 60.1 Å². The summed E-state index contributed by atoms with van der Waals surface area (Å²) in [5.41, 5.74) is 5.83. The lowest BCUT2D eigenvalue weighted by Crippen LogP contribution is -2.06. The van der Waals surface area contributed by atoms with Gasteiger partial charge in [0, 0.05) is 0 Å². The minimum atomic E-state index is 0.700. The smallest absolute Gasteiger partial charge is 0.00612 e. The van der Waals surface area contributed by atoms with E-state index < -0.39 is 0 Å². The molecular formula is C16H20. The molecule has 0 saturated heterocycles. The maximum absolute atomic E-state index is 2.33. The quantitative estimate of drug-likeness (QED) is 0.679. The Kier molecular flexibility index (Phi) is 3.28. The van der Waals surface area contributed by atoms with Crippen LogP contribution >= 0.6 is 0 Å². The van der Waals surface area contributed by atoms with Gasteiger partial charge in [-0.15, -0.1) is 0 Å². The van der Waals surface area contributed by atoms with E-state index in [1.165, 1.54) is 23.1 Å². The summed E-state index contributed by atoms with van der Waals surface area (Å²) in [4.78, 5) is 0. The van der Waals surface area contributed by atoms with Crippen LogP contribution in [0.15, 0.2) is 47.6 Å². The molecule has 0 saturated carbocycles. The lowest BCUT2D eigenvalue weighted by Gasteiger charge is -2.20. The summed E-state index contributed by atoms with van der Waals surface area (Å²) in [7, 11) is 0. The third-order valence-corrected chi connectivity index (χ3v) is 3.37. The van der Waals surface area contributed by atoms with E-state index in [-0.39, 0.29) is 0 Å². The SMILES string of the molecule is CC1=CC=C(Cc2ccc(C)cc2)C(C)C1. The highest BCUT2D eigenvalue weighted by Crippen LogP contribution is 2.27. The predicted molar refractivity (Wildman–Crippen MR) is 70.5 cm³/mol. The van der Waals surface area contributed by atoms with E-state index in [4.69, 9.17) is 0 Å². The molecule has 0 aliphatic heterocycles. The van der Waals surface area contributed by atoms with Gasteiger partial charge in [0.15, 0.2) is 0 Å². The Morgan fingerprint density at radius 2 is 1.75 bits per heavy atom. The Bertz CT molecular complexity index is 418. The monoisotopic (exact) mass is 212 g/mol. The van der Waals surface area contributed by atoms with Crippen molar-refractivity contribution in [1.82, 2.24) is 0 Å². The van der Waals surface area contributed by atoms with Crippen molar-refractivity contribution in [2.24, 2.45) is 5.92 Å². The van der Waals surface area contributed by atoms with E-state index in [9.17, 15) is 0 Å². The van der Waals surface area contributed by atoms with E-state index in [0.717, 1.165) is 6.42 Å². The van der Waals surface area contributed by atoms with E-state index in [2.05, 4.69) is 57.2 Å². The molecule has 0 spiro atoms. The molecule has 0 heteroatoms. The molecule has 0 nitrogen and oxygen atoms in total. The first-order valence-corrected chi connectivity index (χ1v) is 6.07. The van der Waals surface area contributed by atoms with Crippen molar-refractivity contribution < 1.29 is 0 Å². The minimum absolute atomic E-state index is 0.700. The van der Waals surface area contributed by atoms with Crippen LogP contribution in [0.3, 0.4) is 0 Å². The second-order valence-electron chi connectivity index (χ2n) is 5.02. The van der Waals surface area contributed by atoms with Gasteiger partial charge in [-0.05, 0) is 38.2 Å². The standard InChI is InChI=1S/C16H20/c1-12-4-7-15(8-5-12)11-16-9-6-13(2)10-14(16)3/h4-9,14H,10-11H2,1-3H3. The van der Waals surface area contributed by atoms with Crippen LogP contribution in [-0.2, 0) is 6.42 Å². The Morgan fingerprint density at radius 3 is 2.38 bits per heavy atom. The van der Waals surface area contributed by atoms with Gasteiger partial charge >= 0.3 is 0 Å². The van der Waals surface area contributed by atoms with Crippen molar-refractivity contribution in [2.45, 2.75) is 33.6 Å². The van der Waals surface area contributed by atoms with Crippen LogP contribution in [0.4, 0.5) is 0 Å². The van der Waals surface area contributed by atoms with Crippen molar-refractivity contribution in [3.63, 3.8) is 0 Å². The molecule has 1 unspecified atom stereocenters. The second kappa shape index (κ2) is 4.69. The first-order chi connectivity index (χ1) is 7.65. The van der Waals surface area contributed by atoms with Crippen molar-refractivity contribution in [2.75, 3.05) is 0 Å². The Morgan fingerprint density at radius 1 is 1.06 bits per heavy atom. The van der Waals surface area contributed by atoms with E-state index in [1.807, 2.05) is 0 Å². The molecule has 0 amide bonds. The molecule has 16 heavy (non-hydrogen) atoms. The molecule has 1 aromatic carbocycles. The molecule has 84 valence electrons. The molecule has 0 bridgehead atoms. The lowest BCUT2D eigenvalue weighted by molar-refractivity contribution is 0.644. The van der Waals surface area contributed by atoms with Gasteiger partial charge in [0.05, 0.1) is 0 Å². The van der Waals surface area contributed by atoms with Crippen LogP contribution < -0.4 is 0 Å². The summed E-state index contributed by atoms with van der Waals surface area (Å²) in [5.74, 6) is 0.700. The average molecular weight is 212 g/mol. The summed E-state index contributed by atoms with van der Waals surface area (Å²) in [5, 5.41) is 0. The van der Waals surface area contributed by atoms with Crippen molar-refractivity contribution in [3.05, 3.63) is 58.7 Å². The van der Waals surface area contributed by atoms with Crippen LogP contribution in [0.1, 0.15) is 31.4 Å². The van der Waals surface area contributed by atoms with Crippen LogP contribution in [0, 0.1) is 12.8 Å². The zero-order chi connectivity index (χ0) is 11.5. The van der Waals surface area contributed by atoms with Crippen LogP contribution in [-0.4, -0.2) is 0 Å². The lowest BCUT2D eigenvalue weighted by atomic mass is 9.85. The molecule has 1 aliphatic rings. The fraction of sp³-hybridized carbons (Fsp3) is 0.375. The highest BCUT2D eigenvalue weighted by Gasteiger charge is 2.12. The molecule has 0 aromatic heterocycles. The van der Waals surface area contributed by atoms with Gasteiger partial charge in [0.25, 0.3) is 0 Å². The van der Waals surface area contributed by atoms with Gasteiger partial charge in [-0.25, -0.2) is 0 Å². The maximum Gasteiger partial charge on any atom is -0.00612 e. The third-order valence-electron chi connectivity index (χ3n) is 3.37. The fourth-order valence-electron chi connectivity index (χ4n) is 2.27. The molecule has 1 aliphatic carbocycles. The second-order valence-corrected chi connectivity index (χ2v) is 5.02. The number of benzene rings is 1. The molecule has 0 N–H and O–H groups in total. The summed E-state index contributed by atoms with van der Waals surface area (Å²) < 4.78 is 0. The zero-order valence-electron chi connectivity index (χ0n) is 10.5. The molecule has 0 fully saturated rings. The molecule has 1 atom stereocenters. The van der Waals surface area contributed by atoms with Crippen molar-refractivity contribution >= 4 is 0 Å². The largest absolute Gasteiger partial charge is 0.0727 e. The number of allylic oxidation sites excluding steroid dienone is 4. The fourth-order valence-corrected chi connectivity index (χ4v) is 2.27. The number of rotatable bonds is 2. The zero-order valence-corrected chi connectivity index (χ0v) is 10.5. The van der Waals surface area contributed by atoms with Crippen LogP contribution in [0.25, 0.3) is 0 Å². The molecule has 0 radical (unpaired) electrons. The minimum Gasteiger partial charge on any atom is -0.0727 e. The summed E-state index contributed by atoms with van der Waals surface area (Å²) in [6.07, 6.45) is 6.90. The Hall–Kier alpha value is -1.30. The first-order valence-electron chi connectivity index (χ1n) is 6.07. The number of aryl methyl sites for hydroxylation is 1. The van der Waals surface area contributed by atoms with Gasteiger partial charge in [0.1, 0.15) is 0 Å². The molecule has 0 heterocycles. The Labute approximate surface area is 98.7 Å². The predicted octanol–water partition coefficient (Wildman–Crippen LogP) is 4.45. The molecular weight excluding hydrogens is 192 g/mol. The summed E-state index contributed by atoms with van der Waals surface area (Å²) in [6, 6.07) is 8.89. The summed E-state index contributed by atoms with van der Waals surface area (Å²) in [6.45, 7) is 6.69. The van der Waals surface area contributed by atoms with Crippen LogP contribution in [0.2, 0.25) is 0 Å². The maximum atomic E-state index is 2.33. The molecule has 1 aromatic rings. The summed E-state index contributed by atoms with van der Waals surface area (Å²) >= 11 is 0. The van der Waals surface area contributed by atoms with Crippen molar-refractivity contribution in [3.8, 4) is 0 Å². The van der Waals surface area contributed by atoms with Gasteiger partial charge in [-0.2, -0.15) is 0 Å². The highest BCUT2D eigenvalue weighted by atomic mass is 14.2. The highest BCUT2D eigenvalue weighted by molar-refractivity contribution is 5.31. The molecule has 2 rings (SSSR count). The Balaban J connectivity index is 2.13.